The maximum atomic E-state index is 11.9. The molecule has 5 aliphatic rings. The number of esters is 2. The van der Waals surface area contributed by atoms with Crippen molar-refractivity contribution in [3.63, 3.8) is 0 Å². The molecule has 0 aromatic rings. The van der Waals surface area contributed by atoms with Gasteiger partial charge in [0.1, 0.15) is 0 Å². The Morgan fingerprint density at radius 1 is 0.833 bits per heavy atom. The number of hydrogen-bond acceptors (Lipinski definition) is 3. The van der Waals surface area contributed by atoms with Gasteiger partial charge < -0.3 is 4.74 Å². The fraction of sp³-hybridized carbons (Fsp3) is 0.733. The van der Waals surface area contributed by atoms with Gasteiger partial charge >= 0.3 is 11.9 Å². The molecule has 4 aliphatic carbocycles. The van der Waals surface area contributed by atoms with Crippen molar-refractivity contribution in [2.75, 3.05) is 0 Å². The van der Waals surface area contributed by atoms with E-state index in [9.17, 15) is 9.59 Å². The lowest BCUT2D eigenvalue weighted by atomic mass is 9.76. The van der Waals surface area contributed by atoms with Gasteiger partial charge in [0.05, 0.1) is 11.8 Å². The van der Waals surface area contributed by atoms with Gasteiger partial charge in [-0.1, -0.05) is 17.6 Å². The predicted molar refractivity (Wildman–Crippen MR) is 62.2 cm³/mol. The lowest BCUT2D eigenvalue weighted by molar-refractivity contribution is -0.154. The summed E-state index contributed by atoms with van der Waals surface area (Å²) in [4.78, 5) is 23.7. The molecule has 3 nitrogen and oxygen atoms in total. The highest BCUT2D eigenvalue weighted by Crippen LogP contribution is 2.66. The van der Waals surface area contributed by atoms with Gasteiger partial charge in [-0.05, 0) is 49.4 Å². The minimum Gasteiger partial charge on any atom is -0.393 e. The quantitative estimate of drug-likeness (QED) is 0.283. The predicted octanol–water partition coefficient (Wildman–Crippen LogP) is 2.07. The van der Waals surface area contributed by atoms with Crippen LogP contribution in [0.1, 0.15) is 32.1 Å². The second kappa shape index (κ2) is 2.89. The monoisotopic (exact) mass is 244 g/mol. The zero-order chi connectivity index (χ0) is 12.0. The number of carbonyl (C=O) groups is 2. The molecule has 3 heteroatoms. The highest BCUT2D eigenvalue weighted by Gasteiger charge is 2.65. The Morgan fingerprint density at radius 3 is 1.94 bits per heavy atom. The van der Waals surface area contributed by atoms with Gasteiger partial charge in [-0.15, -0.1) is 0 Å². The zero-order valence-corrected chi connectivity index (χ0v) is 10.2. The largest absolute Gasteiger partial charge is 0.393 e. The summed E-state index contributed by atoms with van der Waals surface area (Å²) in [6, 6.07) is 0. The molecule has 5 rings (SSSR count). The van der Waals surface area contributed by atoms with E-state index in [4.69, 9.17) is 4.74 Å². The van der Waals surface area contributed by atoms with Crippen LogP contribution in [0.5, 0.6) is 0 Å². The van der Waals surface area contributed by atoms with Crippen LogP contribution in [0.3, 0.4) is 0 Å². The van der Waals surface area contributed by atoms with Crippen LogP contribution in [0.2, 0.25) is 0 Å². The summed E-state index contributed by atoms with van der Waals surface area (Å²) in [6.07, 6.45) is 6.31. The van der Waals surface area contributed by atoms with Crippen molar-refractivity contribution in [2.45, 2.75) is 32.1 Å². The van der Waals surface area contributed by atoms with Gasteiger partial charge in [-0.25, -0.2) is 0 Å². The Morgan fingerprint density at radius 2 is 1.39 bits per heavy atom. The topological polar surface area (TPSA) is 43.4 Å². The molecule has 1 saturated heterocycles. The Hall–Kier alpha value is -1.12. The zero-order valence-electron chi connectivity index (χ0n) is 10.2. The maximum absolute atomic E-state index is 11.9. The average molecular weight is 244 g/mol. The molecule has 0 aromatic heterocycles. The van der Waals surface area contributed by atoms with Gasteiger partial charge in [0.15, 0.2) is 0 Å². The molecular weight excluding hydrogens is 228 g/mol. The minimum atomic E-state index is -0.231. The maximum Gasteiger partial charge on any atom is 0.318 e. The van der Waals surface area contributed by atoms with Gasteiger partial charge in [0.2, 0.25) is 0 Å². The molecule has 1 heterocycles. The SMILES string of the molecule is O=C1OC(=O)[C@H]2[C@H]1[C@H]1C[C@H]2C2=C1[C@H]1CCC[C@H]2C1. The molecule has 0 unspecified atom stereocenters. The molecule has 6 atom stereocenters. The summed E-state index contributed by atoms with van der Waals surface area (Å²) < 4.78 is 4.89. The van der Waals surface area contributed by atoms with E-state index in [1.54, 1.807) is 11.1 Å². The van der Waals surface area contributed by atoms with Crippen molar-refractivity contribution >= 4 is 11.9 Å². The average Bonchev–Trinajstić information content (AvgIpc) is 3.04. The van der Waals surface area contributed by atoms with E-state index in [1.165, 1.54) is 25.7 Å². The van der Waals surface area contributed by atoms with Crippen LogP contribution in [0, 0.1) is 35.5 Å². The first-order valence-electron chi connectivity index (χ1n) is 7.25. The molecule has 0 spiro atoms. The van der Waals surface area contributed by atoms with Crippen molar-refractivity contribution in [1.82, 2.24) is 0 Å². The normalized spacial score (nSPS) is 51.8. The first-order valence-corrected chi connectivity index (χ1v) is 7.25. The molecule has 4 bridgehead atoms. The number of cyclic esters (lactones) is 2. The summed E-state index contributed by atoms with van der Waals surface area (Å²) >= 11 is 0. The first-order chi connectivity index (χ1) is 8.75. The molecule has 0 amide bonds. The molecule has 94 valence electrons. The Balaban J connectivity index is 1.66. The molecule has 0 N–H and O–H groups in total. The second-order valence-corrected chi connectivity index (χ2v) is 6.71. The molecule has 2 saturated carbocycles. The van der Waals surface area contributed by atoms with E-state index in [2.05, 4.69) is 0 Å². The first kappa shape index (κ1) is 9.76. The van der Waals surface area contributed by atoms with Crippen LogP contribution in [0.4, 0.5) is 0 Å². The standard InChI is InChI=1S/C15H16O3/c16-14-12-8-5-9(13(12)15(17)18-14)11-7-3-1-2-6(4-7)10(8)11/h6-9,12-13H,1-5H2/t6-,7-,8-,9-,12+,13+/m0/s1. The Bertz CT molecular complexity index is 476. The van der Waals surface area contributed by atoms with Crippen molar-refractivity contribution in [2.24, 2.45) is 35.5 Å². The minimum absolute atomic E-state index is 0.111. The van der Waals surface area contributed by atoms with Crippen LogP contribution in [-0.2, 0) is 14.3 Å². The fourth-order valence-electron chi connectivity index (χ4n) is 5.82. The molecule has 3 fully saturated rings. The smallest absolute Gasteiger partial charge is 0.318 e. The van der Waals surface area contributed by atoms with E-state index >= 15 is 0 Å². The van der Waals surface area contributed by atoms with Crippen LogP contribution < -0.4 is 0 Å². The van der Waals surface area contributed by atoms with E-state index in [-0.39, 0.29) is 23.8 Å². The number of fused-ring (bicyclic) bond motifs is 11. The lowest BCUT2D eigenvalue weighted by Crippen LogP contribution is -2.27. The van der Waals surface area contributed by atoms with E-state index < -0.39 is 0 Å². The van der Waals surface area contributed by atoms with E-state index in [0.717, 1.165) is 18.3 Å². The van der Waals surface area contributed by atoms with Crippen LogP contribution in [0.25, 0.3) is 0 Å². The third-order valence-corrected chi connectivity index (χ3v) is 6.19. The molecular formula is C15H16O3. The summed E-state index contributed by atoms with van der Waals surface area (Å²) in [5.41, 5.74) is 3.21. The van der Waals surface area contributed by atoms with Crippen LogP contribution in [0.15, 0.2) is 11.1 Å². The molecule has 0 radical (unpaired) electrons. The number of rotatable bonds is 0. The Labute approximate surface area is 106 Å². The highest BCUT2D eigenvalue weighted by atomic mass is 16.6. The van der Waals surface area contributed by atoms with Crippen molar-refractivity contribution < 1.29 is 14.3 Å². The van der Waals surface area contributed by atoms with Gasteiger partial charge in [0.25, 0.3) is 0 Å². The number of allylic oxidation sites excluding steroid dienone is 2. The summed E-state index contributed by atoms with van der Waals surface area (Å²) in [5, 5.41) is 0. The molecule has 1 aliphatic heterocycles. The van der Waals surface area contributed by atoms with Crippen LogP contribution in [-0.4, -0.2) is 11.9 Å². The summed E-state index contributed by atoms with van der Waals surface area (Å²) in [7, 11) is 0. The molecule has 18 heavy (non-hydrogen) atoms. The highest BCUT2D eigenvalue weighted by molar-refractivity contribution is 5.98. The van der Waals surface area contributed by atoms with Crippen molar-refractivity contribution in [1.29, 1.82) is 0 Å². The molecule has 0 aromatic carbocycles. The third kappa shape index (κ3) is 0.886. The van der Waals surface area contributed by atoms with E-state index in [1.807, 2.05) is 0 Å². The number of carbonyl (C=O) groups excluding carboxylic acids is 2. The lowest BCUT2D eigenvalue weighted by Gasteiger charge is -2.25. The summed E-state index contributed by atoms with van der Waals surface area (Å²) in [6.45, 7) is 0. The van der Waals surface area contributed by atoms with Gasteiger partial charge in [-0.3, -0.25) is 9.59 Å². The van der Waals surface area contributed by atoms with Crippen molar-refractivity contribution in [3.05, 3.63) is 11.1 Å². The summed E-state index contributed by atoms with van der Waals surface area (Å²) in [5.74, 6) is 1.51. The van der Waals surface area contributed by atoms with Crippen LogP contribution >= 0.6 is 0 Å². The Kier molecular flexibility index (Phi) is 1.57. The number of hydrogen-bond donors (Lipinski definition) is 0. The second-order valence-electron chi connectivity index (χ2n) is 6.71. The van der Waals surface area contributed by atoms with Gasteiger partial charge in [0, 0.05) is 0 Å². The fourth-order valence-corrected chi connectivity index (χ4v) is 5.82. The number of ether oxygens (including phenoxy) is 1. The van der Waals surface area contributed by atoms with Gasteiger partial charge in [-0.2, -0.15) is 0 Å². The van der Waals surface area contributed by atoms with Crippen molar-refractivity contribution in [3.8, 4) is 0 Å². The van der Waals surface area contributed by atoms with E-state index in [0.29, 0.717) is 11.8 Å². The third-order valence-electron chi connectivity index (χ3n) is 6.19.